The Labute approximate surface area is 122 Å². The lowest BCUT2D eigenvalue weighted by atomic mass is 10.2. The molecule has 1 aromatic heterocycles. The first-order chi connectivity index (χ1) is 9.58. The average Bonchev–Trinajstić information content (AvgIpc) is 2.75. The van der Waals surface area contributed by atoms with Crippen LogP contribution in [0.2, 0.25) is 0 Å². The number of carbonyl (C=O) groups excluding carboxylic acids is 2. The van der Waals surface area contributed by atoms with E-state index in [9.17, 15) is 14.5 Å². The summed E-state index contributed by atoms with van der Waals surface area (Å²) in [7, 11) is 4.23. The molecule has 0 unspecified atom stereocenters. The second-order valence-electron chi connectivity index (χ2n) is 5.48. The number of anilines is 1. The molecule has 116 valence electrons. The number of hydrogen-bond acceptors (Lipinski definition) is 6. The molecule has 9 heteroatoms. The first kappa shape index (κ1) is 16.6. The highest BCUT2D eigenvalue weighted by Crippen LogP contribution is 2.21. The molecule has 1 heterocycles. The zero-order valence-electron chi connectivity index (χ0n) is 12.9. The molecule has 0 saturated heterocycles. The van der Waals surface area contributed by atoms with Gasteiger partial charge in [-0.1, -0.05) is 0 Å². The number of ether oxygens (including phenoxy) is 1. The standard InChI is InChI=1S/C12H19N5O4/c1-12(2,3)21-11(19)16(5)9-8(15(4)7-13-9)10(18)17(6)14-20/h7H,1-6H3. The monoisotopic (exact) mass is 297 g/mol. The molecule has 0 radical (unpaired) electrons. The normalized spacial score (nSPS) is 11.0. The maximum Gasteiger partial charge on any atom is 0.415 e. The molecule has 9 nitrogen and oxygen atoms in total. The molecule has 0 bridgehead atoms. The van der Waals surface area contributed by atoms with Crippen LogP contribution >= 0.6 is 0 Å². The van der Waals surface area contributed by atoms with Crippen LogP contribution in [-0.4, -0.2) is 46.3 Å². The minimum atomic E-state index is -0.675. The number of aryl methyl sites for hydroxylation is 1. The summed E-state index contributed by atoms with van der Waals surface area (Å²) in [5, 5.41) is 3.18. The van der Waals surface area contributed by atoms with Crippen molar-refractivity contribution in [2.75, 3.05) is 19.0 Å². The second kappa shape index (κ2) is 5.90. The fourth-order valence-corrected chi connectivity index (χ4v) is 1.52. The van der Waals surface area contributed by atoms with E-state index in [0.717, 1.165) is 4.90 Å². The van der Waals surface area contributed by atoms with Crippen molar-refractivity contribution < 1.29 is 14.3 Å². The first-order valence-corrected chi connectivity index (χ1v) is 6.18. The van der Waals surface area contributed by atoms with Crippen LogP contribution in [0, 0.1) is 4.91 Å². The minimum absolute atomic E-state index is 0.0606. The highest BCUT2D eigenvalue weighted by Gasteiger charge is 2.28. The van der Waals surface area contributed by atoms with Crippen LogP contribution in [0.15, 0.2) is 11.6 Å². The Hall–Kier alpha value is -2.45. The number of hydrogen-bond donors (Lipinski definition) is 0. The fraction of sp³-hybridized carbons (Fsp3) is 0.583. The van der Waals surface area contributed by atoms with Gasteiger partial charge in [-0.05, 0) is 20.8 Å². The van der Waals surface area contributed by atoms with Crippen molar-refractivity contribution in [1.29, 1.82) is 0 Å². The third-order valence-corrected chi connectivity index (χ3v) is 2.52. The van der Waals surface area contributed by atoms with Crippen LogP contribution in [0.1, 0.15) is 31.3 Å². The summed E-state index contributed by atoms with van der Waals surface area (Å²) >= 11 is 0. The van der Waals surface area contributed by atoms with Gasteiger partial charge in [0.15, 0.2) is 11.5 Å². The van der Waals surface area contributed by atoms with Crippen molar-refractivity contribution in [3.8, 4) is 0 Å². The van der Waals surface area contributed by atoms with Crippen LogP contribution < -0.4 is 4.90 Å². The molecule has 0 saturated carbocycles. The molecule has 1 rings (SSSR count). The number of imidazole rings is 1. The number of aromatic nitrogens is 2. The van der Waals surface area contributed by atoms with Gasteiger partial charge in [0.25, 0.3) is 5.91 Å². The molecule has 0 fully saturated rings. The van der Waals surface area contributed by atoms with E-state index >= 15 is 0 Å². The molecule has 0 aliphatic heterocycles. The molecule has 2 amide bonds. The van der Waals surface area contributed by atoms with E-state index in [4.69, 9.17) is 4.74 Å². The SMILES string of the molecule is CN(N=O)C(=O)c1c(N(C)C(=O)OC(C)(C)C)ncn1C. The molecule has 1 aromatic rings. The van der Waals surface area contributed by atoms with Gasteiger partial charge in [0.1, 0.15) is 5.60 Å². The number of carbonyl (C=O) groups is 2. The fourth-order valence-electron chi connectivity index (χ4n) is 1.52. The van der Waals surface area contributed by atoms with E-state index in [2.05, 4.69) is 10.3 Å². The van der Waals surface area contributed by atoms with E-state index in [0.29, 0.717) is 5.01 Å². The maximum absolute atomic E-state index is 12.1. The molecular weight excluding hydrogens is 278 g/mol. The van der Waals surface area contributed by atoms with E-state index in [1.165, 1.54) is 25.0 Å². The van der Waals surface area contributed by atoms with Crippen LogP contribution in [0.5, 0.6) is 0 Å². The van der Waals surface area contributed by atoms with Gasteiger partial charge in [-0.3, -0.25) is 9.69 Å². The van der Waals surface area contributed by atoms with Gasteiger partial charge in [0.05, 0.1) is 11.6 Å². The Balaban J connectivity index is 3.12. The van der Waals surface area contributed by atoms with E-state index in [1.807, 2.05) is 0 Å². The van der Waals surface area contributed by atoms with Crippen molar-refractivity contribution in [3.05, 3.63) is 16.9 Å². The zero-order valence-corrected chi connectivity index (χ0v) is 12.9. The maximum atomic E-state index is 12.1. The van der Waals surface area contributed by atoms with Gasteiger partial charge in [0.2, 0.25) is 0 Å². The zero-order chi connectivity index (χ0) is 16.4. The predicted molar refractivity (Wildman–Crippen MR) is 75.7 cm³/mol. The Morgan fingerprint density at radius 2 is 1.90 bits per heavy atom. The Morgan fingerprint density at radius 1 is 1.33 bits per heavy atom. The van der Waals surface area contributed by atoms with E-state index in [-0.39, 0.29) is 11.5 Å². The van der Waals surface area contributed by atoms with Gasteiger partial charge in [-0.2, -0.15) is 5.01 Å². The van der Waals surface area contributed by atoms with Gasteiger partial charge in [-0.15, -0.1) is 4.91 Å². The molecule has 21 heavy (non-hydrogen) atoms. The largest absolute Gasteiger partial charge is 0.443 e. The lowest BCUT2D eigenvalue weighted by molar-refractivity contribution is 0.0588. The molecule has 0 aromatic carbocycles. The van der Waals surface area contributed by atoms with Crippen LogP contribution in [0.3, 0.4) is 0 Å². The van der Waals surface area contributed by atoms with Crippen molar-refractivity contribution in [2.24, 2.45) is 12.3 Å². The topological polar surface area (TPSA) is 97.1 Å². The summed E-state index contributed by atoms with van der Waals surface area (Å²) in [5.41, 5.74) is -0.615. The lowest BCUT2D eigenvalue weighted by Crippen LogP contribution is -2.36. The molecule has 0 N–H and O–H groups in total. The lowest BCUT2D eigenvalue weighted by Gasteiger charge is -2.24. The van der Waals surface area contributed by atoms with Crippen molar-refractivity contribution in [1.82, 2.24) is 14.6 Å². The Morgan fingerprint density at radius 3 is 2.38 bits per heavy atom. The molecule has 0 aliphatic carbocycles. The average molecular weight is 297 g/mol. The van der Waals surface area contributed by atoms with Gasteiger partial charge < -0.3 is 9.30 Å². The summed E-state index contributed by atoms with van der Waals surface area (Å²) in [6.07, 6.45) is 0.708. The number of rotatable bonds is 3. The molecular formula is C12H19N5O4. The third-order valence-electron chi connectivity index (χ3n) is 2.52. The Bertz CT molecular complexity index is 560. The quantitative estimate of drug-likeness (QED) is 0.622. The molecule has 0 aliphatic rings. The summed E-state index contributed by atoms with van der Waals surface area (Å²) in [4.78, 5) is 39.7. The van der Waals surface area contributed by atoms with Crippen molar-refractivity contribution in [3.63, 3.8) is 0 Å². The van der Waals surface area contributed by atoms with E-state index in [1.54, 1.807) is 27.8 Å². The van der Waals surface area contributed by atoms with Gasteiger partial charge in [-0.25, -0.2) is 9.78 Å². The number of nitrogens with zero attached hydrogens (tertiary/aromatic N) is 5. The summed E-state index contributed by atoms with van der Waals surface area (Å²) < 4.78 is 6.62. The first-order valence-electron chi connectivity index (χ1n) is 6.18. The highest BCUT2D eigenvalue weighted by molar-refractivity contribution is 6.00. The smallest absolute Gasteiger partial charge is 0.415 e. The number of amides is 2. The number of nitroso groups, excluding NO2 is 1. The van der Waals surface area contributed by atoms with Crippen molar-refractivity contribution in [2.45, 2.75) is 26.4 Å². The van der Waals surface area contributed by atoms with Crippen LogP contribution in [-0.2, 0) is 11.8 Å². The third kappa shape index (κ3) is 3.77. The summed E-state index contributed by atoms with van der Waals surface area (Å²) in [6, 6.07) is 0. The molecule has 0 atom stereocenters. The minimum Gasteiger partial charge on any atom is -0.443 e. The highest BCUT2D eigenvalue weighted by atomic mass is 16.6. The summed E-state index contributed by atoms with van der Waals surface area (Å²) in [5.74, 6) is -0.581. The summed E-state index contributed by atoms with van der Waals surface area (Å²) in [6.45, 7) is 5.19. The van der Waals surface area contributed by atoms with E-state index < -0.39 is 17.6 Å². The van der Waals surface area contributed by atoms with Crippen LogP contribution in [0.4, 0.5) is 10.6 Å². The van der Waals surface area contributed by atoms with Gasteiger partial charge >= 0.3 is 6.09 Å². The second-order valence-corrected chi connectivity index (χ2v) is 5.48. The van der Waals surface area contributed by atoms with Gasteiger partial charge in [0, 0.05) is 21.1 Å². The van der Waals surface area contributed by atoms with Crippen molar-refractivity contribution >= 4 is 17.8 Å². The Kier molecular flexibility index (Phi) is 4.66. The predicted octanol–water partition coefficient (Wildman–Crippen LogP) is 1.54. The molecule has 0 spiro atoms. The van der Waals surface area contributed by atoms with Crippen LogP contribution in [0.25, 0.3) is 0 Å².